The molecule has 0 fully saturated rings. The lowest BCUT2D eigenvalue weighted by molar-refractivity contribution is -0.115. The minimum absolute atomic E-state index is 0.000846. The minimum atomic E-state index is -0.242. The summed E-state index contributed by atoms with van der Waals surface area (Å²) in [7, 11) is 0. The third kappa shape index (κ3) is 3.76. The number of aromatic nitrogens is 3. The molecule has 1 amide bonds. The zero-order valence-corrected chi connectivity index (χ0v) is 18.7. The van der Waals surface area contributed by atoms with E-state index in [1.54, 1.807) is 11.3 Å². The Morgan fingerprint density at radius 2 is 2.00 bits per heavy atom. The topological polar surface area (TPSA) is 59.3 Å². The van der Waals surface area contributed by atoms with Gasteiger partial charge in [0, 0.05) is 12.1 Å². The van der Waals surface area contributed by atoms with Gasteiger partial charge in [-0.15, -0.1) is 21.5 Å². The van der Waals surface area contributed by atoms with Crippen LogP contribution in [0.1, 0.15) is 37.2 Å². The van der Waals surface area contributed by atoms with Crippen LogP contribution in [0.2, 0.25) is 0 Å². The number of rotatable bonds is 6. The Morgan fingerprint density at radius 3 is 2.76 bits per heavy atom. The third-order valence-electron chi connectivity index (χ3n) is 5.04. The summed E-state index contributed by atoms with van der Waals surface area (Å²) in [5.41, 5.74) is 5.25. The lowest BCUT2D eigenvalue weighted by Gasteiger charge is -2.16. The Bertz CT molecular complexity index is 1190. The fourth-order valence-corrected chi connectivity index (χ4v) is 5.18. The van der Waals surface area contributed by atoms with Gasteiger partial charge in [-0.25, -0.2) is 0 Å². The summed E-state index contributed by atoms with van der Waals surface area (Å²) in [5.74, 6) is 0.935. The third-order valence-corrected chi connectivity index (χ3v) is 7.24. The number of benzene rings is 1. The summed E-state index contributed by atoms with van der Waals surface area (Å²) < 4.78 is 3.39. The highest BCUT2D eigenvalue weighted by atomic mass is 32.2. The second kappa shape index (κ2) is 8.16. The summed E-state index contributed by atoms with van der Waals surface area (Å²) in [5, 5.41) is 14.7. The molecule has 0 saturated heterocycles. The van der Waals surface area contributed by atoms with Gasteiger partial charge in [-0.05, 0) is 55.0 Å². The van der Waals surface area contributed by atoms with E-state index in [1.807, 2.05) is 32.9 Å². The first kappa shape index (κ1) is 19.9. The predicted molar refractivity (Wildman–Crippen MR) is 122 cm³/mol. The maximum absolute atomic E-state index is 13.0. The molecule has 0 spiro atoms. The minimum Gasteiger partial charge on any atom is -0.325 e. The number of aryl methyl sites for hydroxylation is 3. The van der Waals surface area contributed by atoms with Crippen LogP contribution < -0.4 is 5.32 Å². The number of carbonyl (C=O) groups excluding carboxylic acids is 1. The van der Waals surface area contributed by atoms with E-state index in [0.717, 1.165) is 45.1 Å². The van der Waals surface area contributed by atoms with Gasteiger partial charge in [-0.2, -0.15) is 0 Å². The van der Waals surface area contributed by atoms with Crippen LogP contribution in [-0.4, -0.2) is 25.8 Å². The van der Waals surface area contributed by atoms with Gasteiger partial charge >= 0.3 is 0 Å². The smallest absolute Gasteiger partial charge is 0.237 e. The van der Waals surface area contributed by atoms with Gasteiger partial charge in [-0.3, -0.25) is 9.20 Å². The number of nitrogens with zero attached hydrogens (tertiary/aromatic N) is 3. The SMILES string of the molecule is CCc1nnc(S[C@H](CC)C(=O)Nc2cc(C)ccc2C)c2cc3sccc3n12. The van der Waals surface area contributed by atoms with Crippen LogP contribution in [0.5, 0.6) is 0 Å². The van der Waals surface area contributed by atoms with Crippen LogP contribution in [0.15, 0.2) is 40.7 Å². The van der Waals surface area contributed by atoms with Crippen molar-refractivity contribution < 1.29 is 4.79 Å². The molecule has 7 heteroatoms. The molecule has 0 bridgehead atoms. The van der Waals surface area contributed by atoms with Crippen molar-refractivity contribution in [2.75, 3.05) is 5.32 Å². The highest BCUT2D eigenvalue weighted by molar-refractivity contribution is 8.00. The molecule has 1 aromatic carbocycles. The summed E-state index contributed by atoms with van der Waals surface area (Å²) in [6.07, 6.45) is 1.51. The second-order valence-electron chi connectivity index (χ2n) is 7.13. The number of thiophene rings is 1. The molecule has 3 heterocycles. The molecular weight excluding hydrogens is 400 g/mol. The standard InChI is InChI=1S/C22H24N4OS2/c1-5-18(21(27)23-15-11-13(3)7-8-14(15)4)29-22-17-12-19-16(9-10-28-19)26(17)20(6-2)24-25-22/h7-12,18H,5-6H2,1-4H3,(H,23,27)/t18-/m1/s1. The Kier molecular flexibility index (Phi) is 5.61. The Hall–Kier alpha value is -2.38. The highest BCUT2D eigenvalue weighted by Crippen LogP contribution is 2.34. The van der Waals surface area contributed by atoms with Gasteiger partial charge in [0.25, 0.3) is 0 Å². The van der Waals surface area contributed by atoms with E-state index < -0.39 is 0 Å². The Labute approximate surface area is 178 Å². The van der Waals surface area contributed by atoms with Gasteiger partial charge in [0.05, 0.1) is 21.0 Å². The molecule has 4 rings (SSSR count). The molecule has 3 aromatic heterocycles. The van der Waals surface area contributed by atoms with Crippen molar-refractivity contribution in [3.05, 3.63) is 52.7 Å². The molecule has 5 nitrogen and oxygen atoms in total. The van der Waals surface area contributed by atoms with Gasteiger partial charge in [0.15, 0.2) is 0 Å². The first-order valence-electron chi connectivity index (χ1n) is 9.80. The summed E-state index contributed by atoms with van der Waals surface area (Å²) in [6.45, 7) is 8.15. The van der Waals surface area contributed by atoms with E-state index in [4.69, 9.17) is 0 Å². The van der Waals surface area contributed by atoms with Crippen molar-refractivity contribution in [1.29, 1.82) is 0 Å². The fraction of sp³-hybridized carbons (Fsp3) is 0.318. The van der Waals surface area contributed by atoms with Gasteiger partial charge in [0.2, 0.25) is 5.91 Å². The monoisotopic (exact) mass is 424 g/mol. The van der Waals surface area contributed by atoms with Gasteiger partial charge < -0.3 is 5.32 Å². The van der Waals surface area contributed by atoms with Crippen molar-refractivity contribution in [2.24, 2.45) is 0 Å². The molecule has 1 atom stereocenters. The number of anilines is 1. The molecule has 0 aliphatic heterocycles. The molecule has 0 radical (unpaired) electrons. The van der Waals surface area contributed by atoms with E-state index >= 15 is 0 Å². The number of amides is 1. The fourth-order valence-electron chi connectivity index (χ4n) is 3.41. The van der Waals surface area contributed by atoms with Crippen LogP contribution in [0.4, 0.5) is 5.69 Å². The van der Waals surface area contributed by atoms with Gasteiger partial charge in [-0.1, -0.05) is 37.7 Å². The normalized spacial score (nSPS) is 12.6. The average molecular weight is 425 g/mol. The molecule has 29 heavy (non-hydrogen) atoms. The predicted octanol–water partition coefficient (Wildman–Crippen LogP) is 5.63. The molecular formula is C22H24N4OS2. The van der Waals surface area contributed by atoms with Crippen molar-refractivity contribution in [3.63, 3.8) is 0 Å². The second-order valence-corrected chi connectivity index (χ2v) is 9.27. The summed E-state index contributed by atoms with van der Waals surface area (Å²) in [4.78, 5) is 13.0. The van der Waals surface area contributed by atoms with Crippen LogP contribution in [0, 0.1) is 13.8 Å². The molecule has 4 aromatic rings. The van der Waals surface area contributed by atoms with Crippen LogP contribution in [-0.2, 0) is 11.2 Å². The number of nitrogens with one attached hydrogen (secondary N) is 1. The van der Waals surface area contributed by atoms with Gasteiger partial charge in [0.1, 0.15) is 10.9 Å². The van der Waals surface area contributed by atoms with E-state index in [9.17, 15) is 4.79 Å². The zero-order valence-electron chi connectivity index (χ0n) is 17.0. The molecule has 1 N–H and O–H groups in total. The lowest BCUT2D eigenvalue weighted by Crippen LogP contribution is -2.25. The molecule has 0 aliphatic rings. The summed E-state index contributed by atoms with van der Waals surface area (Å²) >= 11 is 3.20. The molecule has 0 unspecified atom stereocenters. The first-order chi connectivity index (χ1) is 14.0. The highest BCUT2D eigenvalue weighted by Gasteiger charge is 2.22. The van der Waals surface area contributed by atoms with Crippen LogP contribution in [0.3, 0.4) is 0 Å². The first-order valence-corrected chi connectivity index (χ1v) is 11.6. The maximum atomic E-state index is 13.0. The van der Waals surface area contributed by atoms with Crippen LogP contribution >= 0.6 is 23.1 Å². The van der Waals surface area contributed by atoms with E-state index in [2.05, 4.69) is 50.4 Å². The Balaban J connectivity index is 1.65. The van der Waals surface area contributed by atoms with Crippen molar-refractivity contribution >= 4 is 50.4 Å². The number of fused-ring (bicyclic) bond motifs is 3. The zero-order chi connectivity index (χ0) is 20.5. The van der Waals surface area contributed by atoms with Crippen molar-refractivity contribution in [2.45, 2.75) is 50.8 Å². The number of thioether (sulfide) groups is 1. The van der Waals surface area contributed by atoms with E-state index in [-0.39, 0.29) is 11.2 Å². The lowest BCUT2D eigenvalue weighted by atomic mass is 10.1. The largest absolute Gasteiger partial charge is 0.325 e. The number of hydrogen-bond donors (Lipinski definition) is 1. The maximum Gasteiger partial charge on any atom is 0.237 e. The molecule has 0 saturated carbocycles. The average Bonchev–Trinajstić information content (AvgIpc) is 3.30. The molecule has 0 aliphatic carbocycles. The Morgan fingerprint density at radius 1 is 1.17 bits per heavy atom. The van der Waals surface area contributed by atoms with E-state index in [0.29, 0.717) is 6.42 Å². The number of carbonyl (C=O) groups is 1. The van der Waals surface area contributed by atoms with Crippen LogP contribution in [0.25, 0.3) is 15.7 Å². The van der Waals surface area contributed by atoms with Crippen molar-refractivity contribution in [3.8, 4) is 0 Å². The molecule has 150 valence electrons. The number of hydrogen-bond acceptors (Lipinski definition) is 5. The quantitative estimate of drug-likeness (QED) is 0.407. The van der Waals surface area contributed by atoms with E-state index in [1.165, 1.54) is 16.5 Å². The van der Waals surface area contributed by atoms with Crippen molar-refractivity contribution in [1.82, 2.24) is 14.6 Å². The summed E-state index contributed by atoms with van der Waals surface area (Å²) in [6, 6.07) is 10.4.